The van der Waals surface area contributed by atoms with Crippen LogP contribution in [0.2, 0.25) is 0 Å². The number of hydrogen-bond acceptors (Lipinski definition) is 5. The molecular formula is C19H20N4O3. The quantitative estimate of drug-likeness (QED) is 0.708. The molecule has 1 aromatic heterocycles. The van der Waals surface area contributed by atoms with Crippen molar-refractivity contribution in [1.82, 2.24) is 15.5 Å². The summed E-state index contributed by atoms with van der Waals surface area (Å²) in [6.07, 6.45) is 0. The molecule has 0 aliphatic rings. The van der Waals surface area contributed by atoms with Crippen molar-refractivity contribution in [2.45, 2.75) is 20.1 Å². The molecule has 0 bridgehead atoms. The molecule has 3 aromatic rings. The van der Waals surface area contributed by atoms with Gasteiger partial charge in [-0.3, -0.25) is 0 Å². The number of ether oxygens (including phenoxy) is 1. The third-order valence-electron chi connectivity index (χ3n) is 3.76. The lowest BCUT2D eigenvalue weighted by atomic mass is 10.1. The van der Waals surface area contributed by atoms with Gasteiger partial charge in [-0.25, -0.2) is 4.79 Å². The molecule has 7 heteroatoms. The molecule has 3 rings (SSSR count). The molecule has 0 saturated heterocycles. The maximum absolute atomic E-state index is 12.2. The Labute approximate surface area is 151 Å². The Hall–Kier alpha value is -3.19. The van der Waals surface area contributed by atoms with Gasteiger partial charge < -0.3 is 19.9 Å². The van der Waals surface area contributed by atoms with Gasteiger partial charge in [0.25, 0.3) is 0 Å². The fourth-order valence-electron chi connectivity index (χ4n) is 2.53. The van der Waals surface area contributed by atoms with E-state index in [4.69, 9.17) is 9.26 Å². The van der Waals surface area contributed by atoms with Crippen LogP contribution in [0.25, 0.3) is 11.4 Å². The summed E-state index contributed by atoms with van der Waals surface area (Å²) in [6.45, 7) is 2.65. The predicted octanol–water partition coefficient (Wildman–Crippen LogP) is 3.51. The number of carbonyl (C=O) groups is 1. The van der Waals surface area contributed by atoms with Crippen molar-refractivity contribution in [2.24, 2.45) is 0 Å². The van der Waals surface area contributed by atoms with E-state index in [0.29, 0.717) is 30.6 Å². The van der Waals surface area contributed by atoms with Gasteiger partial charge in [0.05, 0.1) is 6.61 Å². The van der Waals surface area contributed by atoms with Crippen LogP contribution in [-0.4, -0.2) is 23.3 Å². The van der Waals surface area contributed by atoms with Crippen molar-refractivity contribution in [1.29, 1.82) is 0 Å². The van der Waals surface area contributed by atoms with Crippen molar-refractivity contribution in [3.05, 3.63) is 65.5 Å². The summed E-state index contributed by atoms with van der Waals surface area (Å²) in [4.78, 5) is 16.4. The monoisotopic (exact) mass is 352 g/mol. The molecule has 2 aromatic carbocycles. The number of aromatic nitrogens is 2. The zero-order valence-electron chi connectivity index (χ0n) is 14.7. The summed E-state index contributed by atoms with van der Waals surface area (Å²) >= 11 is 0. The van der Waals surface area contributed by atoms with E-state index in [9.17, 15) is 4.79 Å². The van der Waals surface area contributed by atoms with E-state index in [2.05, 4.69) is 20.8 Å². The first kappa shape index (κ1) is 17.6. The first-order chi connectivity index (χ1) is 12.7. The third-order valence-corrected chi connectivity index (χ3v) is 3.76. The molecule has 0 unspecified atom stereocenters. The standard InChI is InChI=1S/C19H20N4O3/c1-13-21-18(23-26-13)14-8-5-9-17(10-14)22-19(24)20-11-15-6-3-4-7-16(15)12-25-2/h3-10H,11-12H2,1-2H3,(H2,20,22,24). The summed E-state index contributed by atoms with van der Waals surface area (Å²) < 4.78 is 10.2. The average Bonchev–Trinajstić information content (AvgIpc) is 3.08. The third kappa shape index (κ3) is 4.46. The Morgan fingerprint density at radius 1 is 1.15 bits per heavy atom. The highest BCUT2D eigenvalue weighted by Crippen LogP contribution is 2.20. The smallest absolute Gasteiger partial charge is 0.319 e. The van der Waals surface area contributed by atoms with Crippen molar-refractivity contribution < 1.29 is 14.1 Å². The molecule has 1 heterocycles. The van der Waals surface area contributed by atoms with Crippen molar-refractivity contribution in [2.75, 3.05) is 12.4 Å². The molecule has 0 saturated carbocycles. The number of urea groups is 1. The highest BCUT2D eigenvalue weighted by molar-refractivity contribution is 5.89. The van der Waals surface area contributed by atoms with Crippen molar-refractivity contribution in [3.8, 4) is 11.4 Å². The number of nitrogens with one attached hydrogen (secondary N) is 2. The normalized spacial score (nSPS) is 10.5. The van der Waals surface area contributed by atoms with E-state index in [1.165, 1.54) is 0 Å². The van der Waals surface area contributed by atoms with Gasteiger partial charge >= 0.3 is 6.03 Å². The minimum absolute atomic E-state index is 0.293. The number of aryl methyl sites for hydroxylation is 1. The maximum atomic E-state index is 12.2. The van der Waals surface area contributed by atoms with Crippen LogP contribution in [0, 0.1) is 6.92 Å². The SMILES string of the molecule is COCc1ccccc1CNC(=O)Nc1cccc(-c2noc(C)n2)c1. The van der Waals surface area contributed by atoms with Gasteiger partial charge in [-0.15, -0.1) is 0 Å². The summed E-state index contributed by atoms with van der Waals surface area (Å²) in [5.41, 5.74) is 3.48. The van der Waals surface area contributed by atoms with E-state index >= 15 is 0 Å². The Balaban J connectivity index is 1.62. The second kappa shape index (κ2) is 8.26. The zero-order chi connectivity index (χ0) is 18.4. The number of methoxy groups -OCH3 is 1. The van der Waals surface area contributed by atoms with Crippen molar-refractivity contribution in [3.63, 3.8) is 0 Å². The minimum Gasteiger partial charge on any atom is -0.380 e. The molecule has 0 fully saturated rings. The summed E-state index contributed by atoms with van der Waals surface area (Å²) in [7, 11) is 1.65. The van der Waals surface area contributed by atoms with Gasteiger partial charge in [0.15, 0.2) is 0 Å². The Morgan fingerprint density at radius 3 is 2.69 bits per heavy atom. The number of rotatable bonds is 6. The number of amides is 2. The Kier molecular flexibility index (Phi) is 5.60. The number of carbonyl (C=O) groups excluding carboxylic acids is 1. The van der Waals surface area contributed by atoms with Gasteiger partial charge in [-0.05, 0) is 23.3 Å². The minimum atomic E-state index is -0.293. The van der Waals surface area contributed by atoms with Crippen LogP contribution in [0.3, 0.4) is 0 Å². The van der Waals surface area contributed by atoms with Crippen LogP contribution in [-0.2, 0) is 17.9 Å². The molecular weight excluding hydrogens is 332 g/mol. The molecule has 26 heavy (non-hydrogen) atoms. The molecule has 2 amide bonds. The number of hydrogen-bond donors (Lipinski definition) is 2. The first-order valence-corrected chi connectivity index (χ1v) is 8.17. The second-order valence-electron chi connectivity index (χ2n) is 5.73. The van der Waals surface area contributed by atoms with E-state index in [1.807, 2.05) is 36.4 Å². The van der Waals surface area contributed by atoms with Crippen LogP contribution < -0.4 is 10.6 Å². The topological polar surface area (TPSA) is 89.3 Å². The van der Waals surface area contributed by atoms with Gasteiger partial charge in [0.2, 0.25) is 11.7 Å². The predicted molar refractivity (Wildman–Crippen MR) is 97.5 cm³/mol. The Morgan fingerprint density at radius 2 is 1.96 bits per heavy atom. The molecule has 0 atom stereocenters. The molecule has 7 nitrogen and oxygen atoms in total. The van der Waals surface area contributed by atoms with Gasteiger partial charge in [0.1, 0.15) is 0 Å². The van der Waals surface area contributed by atoms with Crippen molar-refractivity contribution >= 4 is 11.7 Å². The average molecular weight is 352 g/mol. The van der Waals surface area contributed by atoms with Crippen LogP contribution in [0.4, 0.5) is 10.5 Å². The second-order valence-corrected chi connectivity index (χ2v) is 5.73. The highest BCUT2D eigenvalue weighted by Gasteiger charge is 2.08. The summed E-state index contributed by atoms with van der Waals surface area (Å²) in [6, 6.07) is 14.8. The summed E-state index contributed by atoms with van der Waals surface area (Å²) in [5, 5.41) is 9.55. The molecule has 134 valence electrons. The molecule has 0 aliphatic carbocycles. The molecule has 0 aliphatic heterocycles. The Bertz CT molecular complexity index is 892. The van der Waals surface area contributed by atoms with Gasteiger partial charge in [-0.2, -0.15) is 4.98 Å². The largest absolute Gasteiger partial charge is 0.380 e. The van der Waals surface area contributed by atoms with Gasteiger partial charge in [0, 0.05) is 31.8 Å². The van der Waals surface area contributed by atoms with E-state index < -0.39 is 0 Å². The molecule has 2 N–H and O–H groups in total. The van der Waals surface area contributed by atoms with Crippen LogP contribution in [0.15, 0.2) is 53.1 Å². The number of benzene rings is 2. The van der Waals surface area contributed by atoms with Crippen LogP contribution in [0.1, 0.15) is 17.0 Å². The van der Waals surface area contributed by atoms with E-state index in [-0.39, 0.29) is 6.03 Å². The molecule has 0 radical (unpaired) electrons. The fraction of sp³-hybridized carbons (Fsp3) is 0.211. The fourth-order valence-corrected chi connectivity index (χ4v) is 2.53. The lowest BCUT2D eigenvalue weighted by Gasteiger charge is -2.11. The lowest BCUT2D eigenvalue weighted by Crippen LogP contribution is -2.28. The van der Waals surface area contributed by atoms with E-state index in [0.717, 1.165) is 16.7 Å². The van der Waals surface area contributed by atoms with Crippen LogP contribution >= 0.6 is 0 Å². The maximum Gasteiger partial charge on any atom is 0.319 e. The number of nitrogens with zero attached hydrogens (tertiary/aromatic N) is 2. The van der Waals surface area contributed by atoms with E-state index in [1.54, 1.807) is 26.2 Å². The zero-order valence-corrected chi connectivity index (χ0v) is 14.7. The molecule has 0 spiro atoms. The number of anilines is 1. The highest BCUT2D eigenvalue weighted by atomic mass is 16.5. The van der Waals surface area contributed by atoms with Crippen LogP contribution in [0.5, 0.6) is 0 Å². The van der Waals surface area contributed by atoms with Gasteiger partial charge in [-0.1, -0.05) is 41.6 Å². The lowest BCUT2D eigenvalue weighted by molar-refractivity contribution is 0.184. The summed E-state index contributed by atoms with van der Waals surface area (Å²) in [5.74, 6) is 0.978. The first-order valence-electron chi connectivity index (χ1n) is 8.17.